The number of rotatable bonds is 6. The molecule has 2 rings (SSSR count). The molecular formula is C17H22ClNS. The van der Waals surface area contributed by atoms with Gasteiger partial charge >= 0.3 is 0 Å². The predicted molar refractivity (Wildman–Crippen MR) is 90.0 cm³/mol. The van der Waals surface area contributed by atoms with Gasteiger partial charge in [-0.25, -0.2) is 0 Å². The molecule has 1 aromatic heterocycles. The summed E-state index contributed by atoms with van der Waals surface area (Å²) in [5, 5.41) is 4.53. The molecule has 1 N–H and O–H groups in total. The summed E-state index contributed by atoms with van der Waals surface area (Å²) in [6.45, 7) is 7.61. The van der Waals surface area contributed by atoms with Gasteiger partial charge in [-0.3, -0.25) is 0 Å². The van der Waals surface area contributed by atoms with Crippen LogP contribution in [0.4, 0.5) is 0 Å². The van der Waals surface area contributed by atoms with E-state index in [2.05, 4.69) is 44.3 Å². The Balaban J connectivity index is 2.24. The topological polar surface area (TPSA) is 12.0 Å². The number of nitrogens with one attached hydrogen (secondary N) is 1. The Labute approximate surface area is 131 Å². The Morgan fingerprint density at radius 3 is 2.60 bits per heavy atom. The van der Waals surface area contributed by atoms with Crippen LogP contribution in [0.3, 0.4) is 0 Å². The Morgan fingerprint density at radius 2 is 2.00 bits per heavy atom. The fraction of sp³-hybridized carbons (Fsp3) is 0.412. The van der Waals surface area contributed by atoms with E-state index in [9.17, 15) is 0 Å². The molecule has 1 nitrogen and oxygen atoms in total. The highest BCUT2D eigenvalue weighted by Crippen LogP contribution is 2.30. The van der Waals surface area contributed by atoms with E-state index < -0.39 is 0 Å². The summed E-state index contributed by atoms with van der Waals surface area (Å²) < 4.78 is 0. The van der Waals surface area contributed by atoms with Gasteiger partial charge in [0.25, 0.3) is 0 Å². The molecule has 3 heteroatoms. The molecule has 20 heavy (non-hydrogen) atoms. The second-order valence-corrected chi connectivity index (χ2v) is 7.04. The molecule has 0 spiro atoms. The SMILES string of the molecule is CCCNC(Cc1ccccc1Cl)c1cc(C)sc1C. The number of aryl methyl sites for hydroxylation is 2. The Hall–Kier alpha value is -0.830. The van der Waals surface area contributed by atoms with Crippen LogP contribution in [0.1, 0.15) is 40.3 Å². The molecule has 0 aliphatic carbocycles. The molecule has 108 valence electrons. The van der Waals surface area contributed by atoms with Crippen molar-refractivity contribution in [1.29, 1.82) is 0 Å². The van der Waals surface area contributed by atoms with Crippen LogP contribution >= 0.6 is 22.9 Å². The lowest BCUT2D eigenvalue weighted by Crippen LogP contribution is -2.24. The van der Waals surface area contributed by atoms with Gasteiger partial charge in [0.05, 0.1) is 0 Å². The minimum Gasteiger partial charge on any atom is -0.310 e. The molecule has 1 unspecified atom stereocenters. The average Bonchev–Trinajstić information content (AvgIpc) is 2.75. The number of benzene rings is 1. The maximum Gasteiger partial charge on any atom is 0.0438 e. The first-order valence-corrected chi connectivity index (χ1v) is 8.35. The van der Waals surface area contributed by atoms with Crippen LogP contribution in [-0.4, -0.2) is 6.54 Å². The lowest BCUT2D eigenvalue weighted by Gasteiger charge is -2.19. The first-order chi connectivity index (χ1) is 9.61. The molecular weight excluding hydrogens is 286 g/mol. The molecule has 1 heterocycles. The van der Waals surface area contributed by atoms with Gasteiger partial charge in [0, 0.05) is 20.8 Å². The van der Waals surface area contributed by atoms with E-state index in [0.717, 1.165) is 24.4 Å². The van der Waals surface area contributed by atoms with Crippen LogP contribution in [-0.2, 0) is 6.42 Å². The zero-order valence-electron chi connectivity index (χ0n) is 12.4. The standard InChI is InChI=1S/C17H22ClNS/c1-4-9-19-17(15-10-12(2)20-13(15)3)11-14-7-5-6-8-16(14)18/h5-8,10,17,19H,4,9,11H2,1-3H3. The lowest BCUT2D eigenvalue weighted by molar-refractivity contribution is 0.529. The van der Waals surface area contributed by atoms with Crippen molar-refractivity contribution in [3.05, 3.63) is 56.2 Å². The van der Waals surface area contributed by atoms with Crippen molar-refractivity contribution < 1.29 is 0 Å². The Kier molecular flexibility index (Phi) is 5.64. The second-order valence-electron chi connectivity index (χ2n) is 5.17. The van der Waals surface area contributed by atoms with Gasteiger partial charge in [-0.1, -0.05) is 36.7 Å². The van der Waals surface area contributed by atoms with E-state index in [4.69, 9.17) is 11.6 Å². The van der Waals surface area contributed by atoms with Crippen molar-refractivity contribution >= 4 is 22.9 Å². The van der Waals surface area contributed by atoms with Crippen molar-refractivity contribution in [1.82, 2.24) is 5.32 Å². The highest BCUT2D eigenvalue weighted by atomic mass is 35.5. The maximum atomic E-state index is 6.31. The molecule has 2 aromatic rings. The third-order valence-corrected chi connectivity index (χ3v) is 4.83. The zero-order valence-corrected chi connectivity index (χ0v) is 13.9. The van der Waals surface area contributed by atoms with E-state index >= 15 is 0 Å². The highest BCUT2D eigenvalue weighted by molar-refractivity contribution is 7.12. The molecule has 0 bridgehead atoms. The van der Waals surface area contributed by atoms with Crippen LogP contribution in [0, 0.1) is 13.8 Å². The number of hydrogen-bond donors (Lipinski definition) is 1. The van der Waals surface area contributed by atoms with E-state index in [-0.39, 0.29) is 0 Å². The quantitative estimate of drug-likeness (QED) is 0.763. The fourth-order valence-electron chi connectivity index (χ4n) is 2.49. The largest absolute Gasteiger partial charge is 0.310 e. The third-order valence-electron chi connectivity index (χ3n) is 3.48. The minimum atomic E-state index is 0.347. The number of halogens is 1. The smallest absolute Gasteiger partial charge is 0.0438 e. The lowest BCUT2D eigenvalue weighted by atomic mass is 9.99. The number of hydrogen-bond acceptors (Lipinski definition) is 2. The molecule has 0 fully saturated rings. The summed E-state index contributed by atoms with van der Waals surface area (Å²) in [7, 11) is 0. The van der Waals surface area contributed by atoms with Crippen molar-refractivity contribution in [3.63, 3.8) is 0 Å². The monoisotopic (exact) mass is 307 g/mol. The summed E-state index contributed by atoms with van der Waals surface area (Å²) in [6, 6.07) is 10.8. The van der Waals surface area contributed by atoms with E-state index in [1.165, 1.54) is 20.9 Å². The summed E-state index contributed by atoms with van der Waals surface area (Å²) in [5.41, 5.74) is 2.63. The summed E-state index contributed by atoms with van der Waals surface area (Å²) in [6.07, 6.45) is 2.08. The van der Waals surface area contributed by atoms with Crippen molar-refractivity contribution in [2.75, 3.05) is 6.54 Å². The normalized spacial score (nSPS) is 12.6. The van der Waals surface area contributed by atoms with Gasteiger partial charge in [-0.2, -0.15) is 0 Å². The van der Waals surface area contributed by atoms with Gasteiger partial charge in [-0.05, 0) is 56.5 Å². The van der Waals surface area contributed by atoms with Crippen molar-refractivity contribution in [2.24, 2.45) is 0 Å². The van der Waals surface area contributed by atoms with Crippen molar-refractivity contribution in [3.8, 4) is 0 Å². The molecule has 1 atom stereocenters. The van der Waals surface area contributed by atoms with Crippen LogP contribution in [0.2, 0.25) is 5.02 Å². The molecule has 0 amide bonds. The summed E-state index contributed by atoms with van der Waals surface area (Å²) in [5.74, 6) is 0. The first-order valence-electron chi connectivity index (χ1n) is 7.15. The Bertz CT molecular complexity index is 562. The Morgan fingerprint density at radius 1 is 1.25 bits per heavy atom. The van der Waals surface area contributed by atoms with Gasteiger partial charge in [0.1, 0.15) is 0 Å². The molecule has 0 aliphatic rings. The summed E-state index contributed by atoms with van der Waals surface area (Å²) in [4.78, 5) is 2.78. The number of thiophene rings is 1. The van der Waals surface area contributed by atoms with Gasteiger partial charge in [0.2, 0.25) is 0 Å². The van der Waals surface area contributed by atoms with Crippen molar-refractivity contribution in [2.45, 2.75) is 39.7 Å². The van der Waals surface area contributed by atoms with Crippen LogP contribution in [0.25, 0.3) is 0 Å². The fourth-order valence-corrected chi connectivity index (χ4v) is 3.69. The third kappa shape index (κ3) is 3.85. The van der Waals surface area contributed by atoms with Crippen LogP contribution < -0.4 is 5.32 Å². The molecule has 0 radical (unpaired) electrons. The van der Waals surface area contributed by atoms with Crippen LogP contribution in [0.15, 0.2) is 30.3 Å². The first kappa shape index (κ1) is 15.6. The second kappa shape index (κ2) is 7.26. The predicted octanol–water partition coefficient (Wildman–Crippen LogP) is 5.30. The van der Waals surface area contributed by atoms with E-state index in [1.54, 1.807) is 0 Å². The van der Waals surface area contributed by atoms with Gasteiger partial charge in [0.15, 0.2) is 0 Å². The van der Waals surface area contributed by atoms with Crippen LogP contribution in [0.5, 0.6) is 0 Å². The molecule has 0 aliphatic heterocycles. The maximum absolute atomic E-state index is 6.31. The average molecular weight is 308 g/mol. The molecule has 0 saturated heterocycles. The van der Waals surface area contributed by atoms with E-state index in [1.807, 2.05) is 23.5 Å². The minimum absolute atomic E-state index is 0.347. The molecule has 0 saturated carbocycles. The zero-order chi connectivity index (χ0) is 14.5. The van der Waals surface area contributed by atoms with Gasteiger partial charge < -0.3 is 5.32 Å². The van der Waals surface area contributed by atoms with Gasteiger partial charge in [-0.15, -0.1) is 11.3 Å². The van der Waals surface area contributed by atoms with E-state index in [0.29, 0.717) is 6.04 Å². The highest BCUT2D eigenvalue weighted by Gasteiger charge is 2.17. The molecule has 1 aromatic carbocycles. The summed E-state index contributed by atoms with van der Waals surface area (Å²) >= 11 is 8.18.